The molecule has 4 rings (SSSR count). The van der Waals surface area contributed by atoms with Crippen LogP contribution in [0.25, 0.3) is 11.4 Å². The molecule has 1 saturated heterocycles. The summed E-state index contributed by atoms with van der Waals surface area (Å²) in [5, 5.41) is 6.69. The number of hydrogen-bond donors (Lipinski definition) is 1. The Labute approximate surface area is 199 Å². The van der Waals surface area contributed by atoms with Gasteiger partial charge >= 0.3 is 0 Å². The summed E-state index contributed by atoms with van der Waals surface area (Å²) in [6.45, 7) is 1.94. The number of halogens is 1. The van der Waals surface area contributed by atoms with Crippen LogP contribution in [0.1, 0.15) is 18.4 Å². The van der Waals surface area contributed by atoms with E-state index in [1.54, 1.807) is 29.2 Å². The lowest BCUT2D eigenvalue weighted by Gasteiger charge is -2.29. The number of thioether (sulfide) groups is 1. The van der Waals surface area contributed by atoms with Crippen LogP contribution in [0.5, 0.6) is 0 Å². The highest BCUT2D eigenvalue weighted by Crippen LogP contribution is 2.29. The quantitative estimate of drug-likeness (QED) is 0.502. The number of aromatic nitrogens is 2. The SMILES string of the molecule is Cc1ccc(N(CC(=O)Nc2ccc(-c3ncon3)cc2)C(=O)C2CCSCC2)cc1Br. The van der Waals surface area contributed by atoms with Crippen molar-refractivity contribution in [2.75, 3.05) is 28.3 Å². The second-order valence-corrected chi connectivity index (χ2v) is 9.70. The van der Waals surface area contributed by atoms with Crippen molar-refractivity contribution < 1.29 is 14.1 Å². The average Bonchev–Trinajstić information content (AvgIpc) is 3.35. The van der Waals surface area contributed by atoms with Gasteiger partial charge in [-0.1, -0.05) is 27.2 Å². The highest BCUT2D eigenvalue weighted by Gasteiger charge is 2.29. The van der Waals surface area contributed by atoms with Crippen molar-refractivity contribution in [3.05, 3.63) is 58.9 Å². The third-order valence-corrected chi connectivity index (χ3v) is 7.30. The molecule has 32 heavy (non-hydrogen) atoms. The summed E-state index contributed by atoms with van der Waals surface area (Å²) < 4.78 is 5.67. The lowest BCUT2D eigenvalue weighted by Crippen LogP contribution is -2.42. The van der Waals surface area contributed by atoms with Gasteiger partial charge < -0.3 is 14.7 Å². The molecule has 166 valence electrons. The molecule has 7 nitrogen and oxygen atoms in total. The summed E-state index contributed by atoms with van der Waals surface area (Å²) in [6.07, 6.45) is 2.95. The Balaban J connectivity index is 1.50. The van der Waals surface area contributed by atoms with E-state index < -0.39 is 0 Å². The van der Waals surface area contributed by atoms with E-state index in [0.717, 1.165) is 39.9 Å². The minimum Gasteiger partial charge on any atom is -0.342 e. The third kappa shape index (κ3) is 5.39. The van der Waals surface area contributed by atoms with Gasteiger partial charge in [-0.25, -0.2) is 0 Å². The van der Waals surface area contributed by atoms with Crippen molar-refractivity contribution in [1.82, 2.24) is 10.1 Å². The molecule has 1 aliphatic heterocycles. The van der Waals surface area contributed by atoms with Gasteiger partial charge in [0.1, 0.15) is 6.54 Å². The molecule has 9 heteroatoms. The fourth-order valence-corrected chi connectivity index (χ4v) is 5.03. The highest BCUT2D eigenvalue weighted by atomic mass is 79.9. The Hall–Kier alpha value is -2.65. The maximum Gasteiger partial charge on any atom is 0.244 e. The van der Waals surface area contributed by atoms with Crippen molar-refractivity contribution >= 4 is 50.9 Å². The number of carbonyl (C=O) groups excluding carboxylic acids is 2. The van der Waals surface area contributed by atoms with Crippen molar-refractivity contribution in [1.29, 1.82) is 0 Å². The topological polar surface area (TPSA) is 88.3 Å². The Bertz CT molecular complexity index is 1080. The van der Waals surface area contributed by atoms with Crippen LogP contribution in [-0.4, -0.2) is 40.0 Å². The van der Waals surface area contributed by atoms with Crippen LogP contribution >= 0.6 is 27.7 Å². The number of hydrogen-bond acceptors (Lipinski definition) is 6. The molecule has 0 radical (unpaired) electrons. The van der Waals surface area contributed by atoms with Crippen molar-refractivity contribution in [3.8, 4) is 11.4 Å². The van der Waals surface area contributed by atoms with E-state index in [1.165, 1.54) is 6.39 Å². The maximum atomic E-state index is 13.4. The summed E-state index contributed by atoms with van der Waals surface area (Å²) in [5.74, 6) is 2.12. The summed E-state index contributed by atoms with van der Waals surface area (Å²) in [5.41, 5.74) is 3.21. The Morgan fingerprint density at radius 2 is 1.94 bits per heavy atom. The number of nitrogens with zero attached hydrogens (tertiary/aromatic N) is 3. The number of benzene rings is 2. The summed E-state index contributed by atoms with van der Waals surface area (Å²) in [6, 6.07) is 12.9. The predicted molar refractivity (Wildman–Crippen MR) is 130 cm³/mol. The van der Waals surface area contributed by atoms with Crippen LogP contribution in [0.3, 0.4) is 0 Å². The monoisotopic (exact) mass is 514 g/mol. The predicted octanol–water partition coefficient (Wildman–Crippen LogP) is 4.92. The van der Waals surface area contributed by atoms with Gasteiger partial charge in [-0.05, 0) is 73.2 Å². The van der Waals surface area contributed by atoms with Crippen molar-refractivity contribution in [2.24, 2.45) is 5.92 Å². The first kappa shape index (κ1) is 22.5. The van der Waals surface area contributed by atoms with Gasteiger partial charge in [0, 0.05) is 27.3 Å². The van der Waals surface area contributed by atoms with E-state index in [9.17, 15) is 9.59 Å². The minimum atomic E-state index is -0.257. The molecule has 1 aliphatic rings. The fraction of sp³-hybridized carbons (Fsp3) is 0.304. The molecule has 0 saturated carbocycles. The zero-order valence-corrected chi connectivity index (χ0v) is 20.0. The molecule has 2 amide bonds. The Morgan fingerprint density at radius 3 is 2.59 bits per heavy atom. The second-order valence-electron chi connectivity index (χ2n) is 7.62. The van der Waals surface area contributed by atoms with E-state index in [1.807, 2.05) is 36.9 Å². The molecule has 2 heterocycles. The maximum absolute atomic E-state index is 13.4. The van der Waals surface area contributed by atoms with E-state index in [-0.39, 0.29) is 24.3 Å². The molecule has 0 spiro atoms. The molecule has 0 unspecified atom stereocenters. The average molecular weight is 515 g/mol. The van der Waals surface area contributed by atoms with Crippen molar-refractivity contribution in [2.45, 2.75) is 19.8 Å². The second kappa shape index (κ2) is 10.3. The lowest BCUT2D eigenvalue weighted by molar-refractivity contribution is -0.124. The van der Waals surface area contributed by atoms with Crippen LogP contribution < -0.4 is 10.2 Å². The molecule has 3 aromatic rings. The van der Waals surface area contributed by atoms with Crippen LogP contribution in [0.4, 0.5) is 11.4 Å². The molecule has 1 N–H and O–H groups in total. The number of anilines is 2. The normalized spacial score (nSPS) is 14.2. The lowest BCUT2D eigenvalue weighted by atomic mass is 10.0. The van der Waals surface area contributed by atoms with E-state index in [2.05, 4.69) is 31.4 Å². The molecule has 0 bridgehead atoms. The van der Waals surface area contributed by atoms with Gasteiger partial charge in [-0.15, -0.1) is 0 Å². The minimum absolute atomic E-state index is 0.00339. The number of nitrogens with one attached hydrogen (secondary N) is 1. The van der Waals surface area contributed by atoms with Crippen LogP contribution in [-0.2, 0) is 9.59 Å². The first-order valence-corrected chi connectivity index (χ1v) is 12.3. The smallest absolute Gasteiger partial charge is 0.244 e. The van der Waals surface area contributed by atoms with Gasteiger partial charge in [-0.2, -0.15) is 16.7 Å². The summed E-state index contributed by atoms with van der Waals surface area (Å²) in [7, 11) is 0. The number of carbonyl (C=O) groups is 2. The van der Waals surface area contributed by atoms with Gasteiger partial charge in [0.2, 0.25) is 24.0 Å². The zero-order valence-electron chi connectivity index (χ0n) is 17.6. The Morgan fingerprint density at radius 1 is 1.19 bits per heavy atom. The highest BCUT2D eigenvalue weighted by molar-refractivity contribution is 9.10. The number of aryl methyl sites for hydroxylation is 1. The molecule has 0 atom stereocenters. The first-order chi connectivity index (χ1) is 15.5. The molecule has 1 aromatic heterocycles. The largest absolute Gasteiger partial charge is 0.342 e. The van der Waals surface area contributed by atoms with E-state index in [4.69, 9.17) is 4.52 Å². The molecule has 0 aliphatic carbocycles. The third-order valence-electron chi connectivity index (χ3n) is 5.39. The molecular formula is C23H23BrN4O3S. The summed E-state index contributed by atoms with van der Waals surface area (Å²) in [4.78, 5) is 31.9. The molecule has 1 fully saturated rings. The summed E-state index contributed by atoms with van der Waals surface area (Å²) >= 11 is 5.42. The van der Waals surface area contributed by atoms with Crippen LogP contribution in [0, 0.1) is 12.8 Å². The van der Waals surface area contributed by atoms with Crippen molar-refractivity contribution in [3.63, 3.8) is 0 Å². The van der Waals surface area contributed by atoms with Gasteiger partial charge in [0.25, 0.3) is 0 Å². The van der Waals surface area contributed by atoms with E-state index in [0.29, 0.717) is 17.2 Å². The standard InChI is InChI=1S/C23H23BrN4O3S/c1-15-2-7-19(12-20(15)24)28(23(30)17-8-10-32-11-9-17)13-21(29)26-18-5-3-16(4-6-18)22-25-14-31-27-22/h2-7,12,14,17H,8-11,13H2,1H3,(H,26,29). The fourth-order valence-electron chi connectivity index (χ4n) is 3.56. The van der Waals surface area contributed by atoms with Gasteiger partial charge in [0.15, 0.2) is 0 Å². The van der Waals surface area contributed by atoms with E-state index >= 15 is 0 Å². The Kier molecular flexibility index (Phi) is 7.26. The number of amides is 2. The zero-order chi connectivity index (χ0) is 22.5. The van der Waals surface area contributed by atoms with Crippen LogP contribution in [0.15, 0.2) is 57.9 Å². The van der Waals surface area contributed by atoms with Crippen LogP contribution in [0.2, 0.25) is 0 Å². The first-order valence-electron chi connectivity index (χ1n) is 10.3. The molecule has 2 aromatic carbocycles. The number of rotatable bonds is 6. The van der Waals surface area contributed by atoms with Gasteiger partial charge in [0.05, 0.1) is 0 Å². The molecular weight excluding hydrogens is 492 g/mol. The van der Waals surface area contributed by atoms with Gasteiger partial charge in [-0.3, -0.25) is 9.59 Å².